The number of nitrogen functional groups attached to an aromatic ring is 1. The van der Waals surface area contributed by atoms with Gasteiger partial charge in [0, 0.05) is 23.5 Å². The molecule has 0 bridgehead atoms. The molecule has 0 saturated carbocycles. The second-order valence-corrected chi connectivity index (χ2v) is 3.81. The summed E-state index contributed by atoms with van der Waals surface area (Å²) in [5, 5.41) is 10.9. The summed E-state index contributed by atoms with van der Waals surface area (Å²) in [6.45, 7) is 0. The number of rotatable bonds is 2. The van der Waals surface area contributed by atoms with Crippen molar-refractivity contribution in [1.29, 1.82) is 0 Å². The molecule has 0 amide bonds. The minimum absolute atomic E-state index is 0.0166. The molecule has 104 valence electrons. The number of halogens is 3. The summed E-state index contributed by atoms with van der Waals surface area (Å²) < 4.78 is 39.4. The van der Waals surface area contributed by atoms with E-state index in [9.17, 15) is 23.3 Å². The third-order valence-electron chi connectivity index (χ3n) is 2.55. The summed E-state index contributed by atoms with van der Waals surface area (Å²) in [5.74, 6) is 0. The van der Waals surface area contributed by atoms with Gasteiger partial charge < -0.3 is 5.73 Å². The van der Waals surface area contributed by atoms with Gasteiger partial charge in [0.25, 0.3) is 0 Å². The van der Waals surface area contributed by atoms with Gasteiger partial charge in [-0.15, -0.1) is 0 Å². The first-order valence-electron chi connectivity index (χ1n) is 5.22. The third kappa shape index (κ3) is 2.37. The number of benzene rings is 1. The number of nitro benzene ring substituents is 1. The number of nitrogens with zero attached hydrogens (tertiary/aromatic N) is 3. The first kappa shape index (κ1) is 13.7. The average Bonchev–Trinajstić information content (AvgIpc) is 2.37. The van der Waals surface area contributed by atoms with E-state index in [1.54, 1.807) is 0 Å². The van der Waals surface area contributed by atoms with Gasteiger partial charge in [-0.25, -0.2) is 9.97 Å². The number of nitro groups is 1. The molecule has 0 aliphatic heterocycles. The summed E-state index contributed by atoms with van der Waals surface area (Å²) in [4.78, 5) is 16.9. The Morgan fingerprint density at radius 3 is 2.30 bits per heavy atom. The molecular formula is C11H7F3N4O2. The Morgan fingerprint density at radius 1 is 1.20 bits per heavy atom. The van der Waals surface area contributed by atoms with Gasteiger partial charge in [0.2, 0.25) is 0 Å². The number of anilines is 1. The summed E-state index contributed by atoms with van der Waals surface area (Å²) in [6, 6.07) is 2.11. The molecule has 1 heterocycles. The molecule has 1 aromatic carbocycles. The fourth-order valence-electron chi connectivity index (χ4n) is 1.77. The van der Waals surface area contributed by atoms with Crippen LogP contribution < -0.4 is 5.73 Å². The predicted octanol–water partition coefficient (Wildman–Crippen LogP) is 2.65. The van der Waals surface area contributed by atoms with Crippen molar-refractivity contribution in [3.8, 4) is 11.1 Å². The van der Waals surface area contributed by atoms with Crippen LogP contribution in [-0.4, -0.2) is 14.9 Å². The lowest BCUT2D eigenvalue weighted by Crippen LogP contribution is -2.13. The molecule has 9 heteroatoms. The number of alkyl halides is 3. The number of aromatic nitrogens is 2. The first-order valence-corrected chi connectivity index (χ1v) is 5.22. The van der Waals surface area contributed by atoms with Crippen molar-refractivity contribution in [2.45, 2.75) is 6.18 Å². The second kappa shape index (κ2) is 4.76. The van der Waals surface area contributed by atoms with Crippen LogP contribution in [0.4, 0.5) is 24.5 Å². The SMILES string of the molecule is Nc1ccc(-c2cncnc2)c(C(F)(F)F)c1[N+](=O)[O-]. The Hall–Kier alpha value is -2.71. The zero-order valence-electron chi connectivity index (χ0n) is 9.76. The average molecular weight is 284 g/mol. The lowest BCUT2D eigenvalue weighted by atomic mass is 9.99. The van der Waals surface area contributed by atoms with Crippen LogP contribution in [0.5, 0.6) is 0 Å². The molecule has 1 aromatic heterocycles. The molecule has 0 unspecified atom stereocenters. The predicted molar refractivity (Wildman–Crippen MR) is 63.5 cm³/mol. The molecule has 0 saturated heterocycles. The molecule has 0 fully saturated rings. The Labute approximate surface area is 110 Å². The highest BCUT2D eigenvalue weighted by Gasteiger charge is 2.42. The molecule has 2 N–H and O–H groups in total. The molecule has 0 atom stereocenters. The number of hydrogen-bond donors (Lipinski definition) is 1. The molecule has 0 radical (unpaired) electrons. The summed E-state index contributed by atoms with van der Waals surface area (Å²) >= 11 is 0. The van der Waals surface area contributed by atoms with Crippen molar-refractivity contribution >= 4 is 11.4 Å². The molecular weight excluding hydrogens is 277 g/mol. The first-order chi connectivity index (χ1) is 9.32. The van der Waals surface area contributed by atoms with Crippen molar-refractivity contribution in [3.63, 3.8) is 0 Å². The van der Waals surface area contributed by atoms with E-state index in [1.165, 1.54) is 0 Å². The van der Waals surface area contributed by atoms with Gasteiger partial charge in [0.15, 0.2) is 0 Å². The van der Waals surface area contributed by atoms with Gasteiger partial charge in [-0.2, -0.15) is 13.2 Å². The van der Waals surface area contributed by atoms with E-state index in [0.717, 1.165) is 30.9 Å². The van der Waals surface area contributed by atoms with Crippen molar-refractivity contribution in [2.24, 2.45) is 0 Å². The Balaban J connectivity index is 2.83. The molecule has 2 rings (SSSR count). The van der Waals surface area contributed by atoms with Crippen LogP contribution in [0.15, 0.2) is 30.9 Å². The van der Waals surface area contributed by atoms with Crippen LogP contribution in [0.2, 0.25) is 0 Å². The van der Waals surface area contributed by atoms with Gasteiger partial charge >= 0.3 is 11.9 Å². The van der Waals surface area contributed by atoms with Gasteiger partial charge in [0.1, 0.15) is 17.6 Å². The zero-order valence-corrected chi connectivity index (χ0v) is 9.76. The van der Waals surface area contributed by atoms with E-state index in [4.69, 9.17) is 5.73 Å². The largest absolute Gasteiger partial charge is 0.423 e. The molecule has 0 aliphatic carbocycles. The molecule has 2 aromatic rings. The summed E-state index contributed by atoms with van der Waals surface area (Å²) in [7, 11) is 0. The van der Waals surface area contributed by atoms with E-state index < -0.39 is 28.0 Å². The molecule has 6 nitrogen and oxygen atoms in total. The normalized spacial score (nSPS) is 11.3. The number of hydrogen-bond acceptors (Lipinski definition) is 5. The topological polar surface area (TPSA) is 94.9 Å². The molecule has 0 spiro atoms. The van der Waals surface area contributed by atoms with Crippen LogP contribution >= 0.6 is 0 Å². The van der Waals surface area contributed by atoms with Crippen LogP contribution in [0, 0.1) is 10.1 Å². The maximum Gasteiger partial charge on any atom is 0.423 e. The Bertz CT molecular complexity index is 659. The molecule has 0 aliphatic rings. The summed E-state index contributed by atoms with van der Waals surface area (Å²) in [5.41, 5.74) is 1.79. The van der Waals surface area contributed by atoms with E-state index in [0.29, 0.717) is 0 Å². The highest BCUT2D eigenvalue weighted by molar-refractivity contribution is 5.77. The minimum atomic E-state index is -4.93. The van der Waals surface area contributed by atoms with E-state index in [2.05, 4.69) is 9.97 Å². The van der Waals surface area contributed by atoms with Gasteiger partial charge in [-0.1, -0.05) is 6.07 Å². The van der Waals surface area contributed by atoms with Crippen LogP contribution in [0.1, 0.15) is 5.56 Å². The van der Waals surface area contributed by atoms with Gasteiger partial charge in [0.05, 0.1) is 4.92 Å². The smallest absolute Gasteiger partial charge is 0.393 e. The third-order valence-corrected chi connectivity index (χ3v) is 2.55. The van der Waals surface area contributed by atoms with Crippen LogP contribution in [0.3, 0.4) is 0 Å². The monoisotopic (exact) mass is 284 g/mol. The van der Waals surface area contributed by atoms with Gasteiger partial charge in [-0.3, -0.25) is 10.1 Å². The lowest BCUT2D eigenvalue weighted by molar-refractivity contribution is -0.387. The second-order valence-electron chi connectivity index (χ2n) is 3.81. The lowest BCUT2D eigenvalue weighted by Gasteiger charge is -2.14. The van der Waals surface area contributed by atoms with Crippen molar-refractivity contribution < 1.29 is 18.1 Å². The fraction of sp³-hybridized carbons (Fsp3) is 0.0909. The van der Waals surface area contributed by atoms with Crippen molar-refractivity contribution in [2.75, 3.05) is 5.73 Å². The van der Waals surface area contributed by atoms with E-state index in [-0.39, 0.29) is 11.1 Å². The minimum Gasteiger partial charge on any atom is -0.393 e. The van der Waals surface area contributed by atoms with Crippen molar-refractivity contribution in [1.82, 2.24) is 9.97 Å². The fourth-order valence-corrected chi connectivity index (χ4v) is 1.77. The molecule has 20 heavy (non-hydrogen) atoms. The highest BCUT2D eigenvalue weighted by atomic mass is 19.4. The number of nitrogens with two attached hydrogens (primary N) is 1. The summed E-state index contributed by atoms with van der Waals surface area (Å²) in [6.07, 6.45) is -1.51. The van der Waals surface area contributed by atoms with Crippen LogP contribution in [-0.2, 0) is 6.18 Å². The standard InChI is InChI=1S/C11H7F3N4O2/c12-11(13,14)9-7(6-3-16-5-17-4-6)1-2-8(15)10(9)18(19)20/h1-5H,15H2. The zero-order chi connectivity index (χ0) is 14.9. The highest BCUT2D eigenvalue weighted by Crippen LogP contribution is 2.44. The van der Waals surface area contributed by atoms with E-state index >= 15 is 0 Å². The Kier molecular flexibility index (Phi) is 3.26. The van der Waals surface area contributed by atoms with Crippen LogP contribution in [0.25, 0.3) is 11.1 Å². The van der Waals surface area contributed by atoms with E-state index in [1.807, 2.05) is 0 Å². The maximum atomic E-state index is 13.1. The quantitative estimate of drug-likeness (QED) is 0.519. The van der Waals surface area contributed by atoms with Crippen molar-refractivity contribution in [3.05, 3.63) is 46.5 Å². The Morgan fingerprint density at radius 2 is 1.80 bits per heavy atom. The maximum absolute atomic E-state index is 13.1. The van der Waals surface area contributed by atoms with Gasteiger partial charge in [-0.05, 0) is 6.07 Å².